The number of carbonyl (C=O) groups excluding carboxylic acids is 2. The molecule has 0 spiro atoms. The van der Waals surface area contributed by atoms with Crippen molar-refractivity contribution in [1.29, 1.82) is 0 Å². The van der Waals surface area contributed by atoms with Gasteiger partial charge >= 0.3 is 0 Å². The molecule has 0 aliphatic carbocycles. The van der Waals surface area contributed by atoms with Gasteiger partial charge in [0.25, 0.3) is 5.91 Å². The summed E-state index contributed by atoms with van der Waals surface area (Å²) in [5.41, 5.74) is 0. The number of nitrogens with one attached hydrogen (secondary N) is 3. The third kappa shape index (κ3) is 5.26. The van der Waals surface area contributed by atoms with E-state index in [1.54, 1.807) is 37.3 Å². The van der Waals surface area contributed by atoms with Crippen molar-refractivity contribution < 1.29 is 22.9 Å². The van der Waals surface area contributed by atoms with E-state index >= 15 is 0 Å². The Labute approximate surface area is 154 Å². The summed E-state index contributed by atoms with van der Waals surface area (Å²) < 4.78 is 26.6. The van der Waals surface area contributed by atoms with Crippen LogP contribution in [0.5, 0.6) is 0 Å². The molecule has 0 saturated carbocycles. The molecule has 0 aromatic heterocycles. The van der Waals surface area contributed by atoms with Crippen LogP contribution in [0.1, 0.15) is 13.8 Å². The molecule has 1 saturated heterocycles. The van der Waals surface area contributed by atoms with Gasteiger partial charge in [0, 0.05) is 6.54 Å². The lowest BCUT2D eigenvalue weighted by atomic mass is 10.3. The lowest BCUT2D eigenvalue weighted by molar-refractivity contribution is -0.895. The molecule has 1 aliphatic heterocycles. The second kappa shape index (κ2) is 9.11. The summed E-state index contributed by atoms with van der Waals surface area (Å²) in [6.45, 7) is 6.04. The second-order valence-electron chi connectivity index (χ2n) is 6.33. The number of amides is 2. The van der Waals surface area contributed by atoms with E-state index in [9.17, 15) is 18.0 Å². The molecular weight excluding hydrogens is 356 g/mol. The van der Waals surface area contributed by atoms with Gasteiger partial charge in [-0.25, -0.2) is 8.42 Å². The average molecular weight is 383 g/mol. The van der Waals surface area contributed by atoms with E-state index in [1.807, 2.05) is 6.92 Å². The van der Waals surface area contributed by atoms with E-state index in [4.69, 9.17) is 0 Å². The van der Waals surface area contributed by atoms with Crippen molar-refractivity contribution >= 4 is 21.8 Å². The third-order valence-electron chi connectivity index (χ3n) is 4.34. The first-order valence-corrected chi connectivity index (χ1v) is 10.2. The van der Waals surface area contributed by atoms with Crippen molar-refractivity contribution in [2.45, 2.75) is 24.8 Å². The Morgan fingerprint density at radius 1 is 1.19 bits per heavy atom. The van der Waals surface area contributed by atoms with Gasteiger partial charge in [-0.1, -0.05) is 18.2 Å². The summed E-state index contributed by atoms with van der Waals surface area (Å²) in [6.07, 6.45) is 0. The van der Waals surface area contributed by atoms with Crippen LogP contribution in [0.15, 0.2) is 35.2 Å². The van der Waals surface area contributed by atoms with Crippen molar-refractivity contribution in [3.05, 3.63) is 30.3 Å². The molecule has 2 amide bonds. The topological polar surface area (TPSA) is 100 Å². The highest BCUT2D eigenvalue weighted by molar-refractivity contribution is 7.89. The van der Waals surface area contributed by atoms with Crippen molar-refractivity contribution in [3.63, 3.8) is 0 Å². The Balaban J connectivity index is 1.83. The molecule has 0 radical (unpaired) electrons. The van der Waals surface area contributed by atoms with Crippen molar-refractivity contribution in [2.75, 3.05) is 39.3 Å². The highest BCUT2D eigenvalue weighted by atomic mass is 32.2. The fourth-order valence-electron chi connectivity index (χ4n) is 2.87. The van der Waals surface area contributed by atoms with Crippen LogP contribution in [-0.4, -0.2) is 69.8 Å². The Bertz CT molecular complexity index is 716. The number of hydrogen-bond donors (Lipinski definition) is 3. The van der Waals surface area contributed by atoms with Gasteiger partial charge in [0.2, 0.25) is 15.9 Å². The van der Waals surface area contributed by atoms with Crippen LogP contribution in [0.3, 0.4) is 0 Å². The molecule has 1 aliphatic rings. The lowest BCUT2D eigenvalue weighted by Crippen LogP contribution is -3.15. The fourth-order valence-corrected chi connectivity index (χ4v) is 4.34. The van der Waals surface area contributed by atoms with E-state index in [0.717, 1.165) is 4.90 Å². The molecule has 26 heavy (non-hydrogen) atoms. The van der Waals surface area contributed by atoms with Crippen LogP contribution < -0.4 is 15.5 Å². The minimum absolute atomic E-state index is 0.210. The predicted molar refractivity (Wildman–Crippen MR) is 97.1 cm³/mol. The van der Waals surface area contributed by atoms with Crippen LogP contribution in [0, 0.1) is 0 Å². The van der Waals surface area contributed by atoms with Crippen molar-refractivity contribution in [3.8, 4) is 0 Å². The molecular formula is C17H27N4O4S+. The predicted octanol–water partition coefficient (Wildman–Crippen LogP) is -1.78. The van der Waals surface area contributed by atoms with E-state index in [-0.39, 0.29) is 23.3 Å². The first-order chi connectivity index (χ1) is 12.3. The number of piperazine rings is 1. The van der Waals surface area contributed by atoms with Gasteiger partial charge in [0.15, 0.2) is 6.54 Å². The summed E-state index contributed by atoms with van der Waals surface area (Å²) in [5.74, 6) is -0.423. The molecule has 3 N–H and O–H groups in total. The summed E-state index contributed by atoms with van der Waals surface area (Å²) in [7, 11) is -3.48. The van der Waals surface area contributed by atoms with E-state index in [1.165, 1.54) is 4.31 Å². The maximum absolute atomic E-state index is 12.6. The zero-order chi connectivity index (χ0) is 19.2. The van der Waals surface area contributed by atoms with Gasteiger partial charge in [-0.05, 0) is 26.0 Å². The first-order valence-electron chi connectivity index (χ1n) is 8.80. The minimum Gasteiger partial charge on any atom is -0.355 e. The molecule has 144 valence electrons. The van der Waals surface area contributed by atoms with Crippen LogP contribution in [0.4, 0.5) is 0 Å². The fraction of sp³-hybridized carbons (Fsp3) is 0.529. The summed E-state index contributed by atoms with van der Waals surface area (Å²) in [6, 6.07) is 7.78. The van der Waals surface area contributed by atoms with Gasteiger partial charge in [-0.15, -0.1) is 0 Å². The van der Waals surface area contributed by atoms with E-state index < -0.39 is 16.1 Å². The maximum Gasteiger partial charge on any atom is 0.275 e. The minimum atomic E-state index is -3.48. The van der Waals surface area contributed by atoms with Crippen LogP contribution in [-0.2, 0) is 19.6 Å². The number of benzene rings is 1. The standard InChI is InChI=1S/C17H26N4O4S/c1-3-18-17(23)14(2)19-16(22)13-20-9-11-21(12-10-20)26(24,25)15-7-5-4-6-8-15/h4-8,14H,3,9-13H2,1-2H3,(H,18,23)(H,19,22)/p+1/t14-/m1/s1. The van der Waals surface area contributed by atoms with Crippen LogP contribution in [0.25, 0.3) is 0 Å². The SMILES string of the molecule is CCNC(=O)[C@@H](C)NC(=O)C[NH+]1CCN(S(=O)(=O)c2ccccc2)CC1. The third-order valence-corrected chi connectivity index (χ3v) is 6.26. The quantitative estimate of drug-likeness (QED) is 0.518. The number of quaternary nitrogens is 1. The molecule has 1 atom stereocenters. The highest BCUT2D eigenvalue weighted by Crippen LogP contribution is 2.14. The normalized spacial score (nSPS) is 17.5. The zero-order valence-corrected chi connectivity index (χ0v) is 16.0. The van der Waals surface area contributed by atoms with Crippen LogP contribution >= 0.6 is 0 Å². The average Bonchev–Trinajstić information content (AvgIpc) is 2.63. The second-order valence-corrected chi connectivity index (χ2v) is 8.27. The van der Waals surface area contributed by atoms with Crippen molar-refractivity contribution in [1.82, 2.24) is 14.9 Å². The maximum atomic E-state index is 12.6. The monoisotopic (exact) mass is 383 g/mol. The van der Waals surface area contributed by atoms with E-state index in [2.05, 4.69) is 10.6 Å². The van der Waals surface area contributed by atoms with Gasteiger partial charge in [0.1, 0.15) is 6.04 Å². The van der Waals surface area contributed by atoms with E-state index in [0.29, 0.717) is 32.7 Å². The van der Waals surface area contributed by atoms with Gasteiger partial charge in [-0.3, -0.25) is 9.59 Å². The molecule has 2 rings (SSSR count). The Hall–Kier alpha value is -1.97. The number of nitrogens with zero attached hydrogens (tertiary/aromatic N) is 1. The van der Waals surface area contributed by atoms with Crippen LogP contribution in [0.2, 0.25) is 0 Å². The number of hydrogen-bond acceptors (Lipinski definition) is 4. The molecule has 1 heterocycles. The molecule has 0 unspecified atom stereocenters. The van der Waals surface area contributed by atoms with Gasteiger partial charge in [-0.2, -0.15) is 4.31 Å². The highest BCUT2D eigenvalue weighted by Gasteiger charge is 2.31. The van der Waals surface area contributed by atoms with Gasteiger partial charge < -0.3 is 15.5 Å². The zero-order valence-electron chi connectivity index (χ0n) is 15.2. The smallest absolute Gasteiger partial charge is 0.275 e. The Kier molecular flexibility index (Phi) is 7.13. The number of likely N-dealkylation sites (N-methyl/N-ethyl adjacent to an activating group) is 1. The summed E-state index contributed by atoms with van der Waals surface area (Å²) in [4.78, 5) is 25.0. The first kappa shape index (κ1) is 20.3. The molecule has 1 fully saturated rings. The van der Waals surface area contributed by atoms with Crippen molar-refractivity contribution in [2.24, 2.45) is 0 Å². The molecule has 8 nitrogen and oxygen atoms in total. The number of sulfonamides is 1. The lowest BCUT2D eigenvalue weighted by Gasteiger charge is -2.31. The Morgan fingerprint density at radius 3 is 2.38 bits per heavy atom. The molecule has 9 heteroatoms. The van der Waals surface area contributed by atoms with Gasteiger partial charge in [0.05, 0.1) is 31.1 Å². The molecule has 0 bridgehead atoms. The summed E-state index contributed by atoms with van der Waals surface area (Å²) >= 11 is 0. The molecule has 1 aromatic carbocycles. The number of carbonyl (C=O) groups is 2. The largest absolute Gasteiger partial charge is 0.355 e. The Morgan fingerprint density at radius 2 is 1.81 bits per heavy atom. The molecule has 1 aromatic rings. The summed E-state index contributed by atoms with van der Waals surface area (Å²) in [5, 5.41) is 5.33. The number of rotatable bonds is 7.